The van der Waals surface area contributed by atoms with Gasteiger partial charge in [-0.3, -0.25) is 4.57 Å². The lowest BCUT2D eigenvalue weighted by molar-refractivity contribution is -0.0541. The number of nitrogens with zero attached hydrogens (tertiary/aromatic N) is 4. The first-order chi connectivity index (χ1) is 15.1. The number of rotatable bonds is 8. The zero-order chi connectivity index (χ0) is 24.9. The van der Waals surface area contributed by atoms with E-state index < -0.39 is 66.1 Å². The van der Waals surface area contributed by atoms with E-state index in [-0.39, 0.29) is 16.6 Å². The van der Waals surface area contributed by atoms with Crippen LogP contribution >= 0.6 is 35.1 Å². The molecule has 0 bridgehead atoms. The number of aliphatic hydroxyl groups is 3. The molecule has 0 radical (unpaired) electrons. The zero-order valence-electron chi connectivity index (χ0n) is 15.7. The molecule has 3 heterocycles. The fourth-order valence-electron chi connectivity index (χ4n) is 2.84. The number of ether oxygens (including phenoxy) is 1. The zero-order valence-corrected chi connectivity index (χ0v) is 19.2. The highest BCUT2D eigenvalue weighted by Gasteiger charge is 2.47. The number of hydroxylamine groups is 2. The first kappa shape index (κ1) is 26.8. The molecule has 3 rings (SSSR count). The minimum atomic E-state index is -5.80. The van der Waals surface area contributed by atoms with Gasteiger partial charge in [0.25, 0.3) is 0 Å². The second kappa shape index (κ2) is 9.33. The van der Waals surface area contributed by atoms with E-state index in [0.29, 0.717) is 0 Å². The van der Waals surface area contributed by atoms with Gasteiger partial charge >= 0.3 is 23.5 Å². The molecular formula is C10H17ClN5O14P3. The Labute approximate surface area is 188 Å². The van der Waals surface area contributed by atoms with Crippen molar-refractivity contribution in [2.45, 2.75) is 30.7 Å². The highest BCUT2D eigenvalue weighted by molar-refractivity contribution is 7.66. The van der Waals surface area contributed by atoms with Crippen LogP contribution in [0.2, 0.25) is 0 Å². The Morgan fingerprint density at radius 1 is 1.12 bits per heavy atom. The van der Waals surface area contributed by atoms with E-state index in [0.717, 1.165) is 10.9 Å². The van der Waals surface area contributed by atoms with Gasteiger partial charge in [-0.05, 0) is 11.6 Å². The third kappa shape index (κ3) is 5.88. The average Bonchev–Trinajstić information content (AvgIpc) is 3.17. The first-order valence-electron chi connectivity index (χ1n) is 8.37. The molecule has 23 heteroatoms. The summed E-state index contributed by atoms with van der Waals surface area (Å²) < 4.78 is 52.3. The summed E-state index contributed by atoms with van der Waals surface area (Å²) in [6, 6.07) is 0. The van der Waals surface area contributed by atoms with Crippen molar-refractivity contribution in [3.05, 3.63) is 12.0 Å². The van der Waals surface area contributed by atoms with E-state index in [9.17, 15) is 38.8 Å². The third-order valence-corrected chi connectivity index (χ3v) is 8.07. The maximum atomic E-state index is 12.1. The number of hydrogen-bond donors (Lipinski definition) is 8. The van der Waals surface area contributed by atoms with E-state index >= 15 is 0 Å². The van der Waals surface area contributed by atoms with Gasteiger partial charge in [-0.1, -0.05) is 0 Å². The van der Waals surface area contributed by atoms with E-state index in [1.165, 1.54) is 0 Å². The molecule has 2 aliphatic heterocycles. The van der Waals surface area contributed by atoms with Gasteiger partial charge in [-0.25, -0.2) is 18.7 Å². The Morgan fingerprint density at radius 2 is 1.76 bits per heavy atom. The van der Waals surface area contributed by atoms with Crippen LogP contribution < -0.4 is 5.73 Å². The van der Waals surface area contributed by atoms with Gasteiger partial charge in [0.05, 0.1) is 12.9 Å². The van der Waals surface area contributed by atoms with Gasteiger partial charge < -0.3 is 45.4 Å². The van der Waals surface area contributed by atoms with Crippen LogP contribution in [0.5, 0.6) is 0 Å². The number of nitrogens with two attached hydrogens (primary N) is 1. The van der Waals surface area contributed by atoms with Crippen LogP contribution in [0.15, 0.2) is 11.3 Å². The van der Waals surface area contributed by atoms with Crippen molar-refractivity contribution in [2.75, 3.05) is 6.61 Å². The number of imidazole rings is 1. The van der Waals surface area contributed by atoms with E-state index in [1.807, 2.05) is 0 Å². The molecule has 5 unspecified atom stereocenters. The van der Waals surface area contributed by atoms with E-state index in [4.69, 9.17) is 31.9 Å². The lowest BCUT2D eigenvalue weighted by atomic mass is 10.1. The van der Waals surface area contributed by atoms with Crippen LogP contribution in [0.3, 0.4) is 0 Å². The summed E-state index contributed by atoms with van der Waals surface area (Å²) in [6.07, 6.45) is -5.92. The van der Waals surface area contributed by atoms with Crippen molar-refractivity contribution in [3.8, 4) is 0 Å². The molecule has 188 valence electrons. The van der Waals surface area contributed by atoms with Crippen LogP contribution in [0.25, 0.3) is 0 Å². The number of hydrogen-bond acceptors (Lipinski definition) is 14. The molecule has 33 heavy (non-hydrogen) atoms. The predicted molar refractivity (Wildman–Crippen MR) is 102 cm³/mol. The van der Waals surface area contributed by atoms with Crippen LogP contribution in [0.1, 0.15) is 18.1 Å². The lowest BCUT2D eigenvalue weighted by Crippen LogP contribution is -2.39. The van der Waals surface area contributed by atoms with Crippen LogP contribution in [-0.2, 0) is 31.7 Å². The quantitative estimate of drug-likeness (QED) is 0.129. The summed E-state index contributed by atoms with van der Waals surface area (Å²) in [5.74, 6) is -0.145. The molecule has 0 aromatic carbocycles. The molecule has 1 aromatic rings. The molecule has 9 N–H and O–H groups in total. The SMILES string of the molecule is NC1c2ncn([C@@H]3O[C@H](CO)C(O)C3O)c2N=C(Cl)N1OP(=O)(O)OP(=O)(O)OP(=O)(O)O. The van der Waals surface area contributed by atoms with Gasteiger partial charge in [-0.15, -0.1) is 0 Å². The maximum absolute atomic E-state index is 12.1. The minimum absolute atomic E-state index is 0.145. The molecule has 7 atom stereocenters. The summed E-state index contributed by atoms with van der Waals surface area (Å²) in [4.78, 5) is 43.7. The Morgan fingerprint density at radius 3 is 2.30 bits per heavy atom. The summed E-state index contributed by atoms with van der Waals surface area (Å²) in [5, 5.41) is 28.8. The Hall–Kier alpha value is -0.820. The highest BCUT2D eigenvalue weighted by Crippen LogP contribution is 2.66. The number of aromatic nitrogens is 2. The number of halogens is 1. The van der Waals surface area contributed by atoms with Crippen molar-refractivity contribution in [1.29, 1.82) is 0 Å². The molecule has 1 saturated heterocycles. The van der Waals surface area contributed by atoms with Crippen LogP contribution in [0, 0.1) is 0 Å². The molecule has 0 spiro atoms. The van der Waals surface area contributed by atoms with Crippen molar-refractivity contribution < 1.29 is 66.6 Å². The standard InChI is InChI=1S/C10H17ClN5O14P3/c11-10-14-8-4(13-2-15(8)9-6(19)5(18)3(1-17)27-9)7(12)16(10)28-32(23,24)30-33(25,26)29-31(20,21)22/h2-3,5-7,9,17-19H,1,12H2,(H,23,24)(H,25,26)(H2,20,21,22)/t3-,5?,6?,7?,9-/m1/s1. The second-order valence-electron chi connectivity index (χ2n) is 6.41. The molecule has 0 aliphatic carbocycles. The average molecular weight is 560 g/mol. The fraction of sp³-hybridized carbons (Fsp3) is 0.600. The van der Waals surface area contributed by atoms with Crippen molar-refractivity contribution in [3.63, 3.8) is 0 Å². The van der Waals surface area contributed by atoms with Crippen molar-refractivity contribution in [2.24, 2.45) is 10.7 Å². The molecule has 1 aromatic heterocycles. The van der Waals surface area contributed by atoms with Crippen LogP contribution in [0.4, 0.5) is 5.82 Å². The Kier molecular flexibility index (Phi) is 7.57. The van der Waals surface area contributed by atoms with Crippen LogP contribution in [-0.4, -0.2) is 79.7 Å². The normalized spacial score (nSPS) is 31.6. The topological polar surface area (TPSA) is 289 Å². The van der Waals surface area contributed by atoms with E-state index in [2.05, 4.69) is 23.2 Å². The number of fused-ring (bicyclic) bond motifs is 1. The van der Waals surface area contributed by atoms with Gasteiger partial charge in [0.2, 0.25) is 5.29 Å². The van der Waals surface area contributed by atoms with Crippen molar-refractivity contribution in [1.82, 2.24) is 14.6 Å². The monoisotopic (exact) mass is 559 g/mol. The number of amidine groups is 1. The molecule has 0 amide bonds. The molecule has 1 fully saturated rings. The number of aliphatic hydroxyl groups excluding tert-OH is 3. The Balaban J connectivity index is 1.82. The van der Waals surface area contributed by atoms with Gasteiger partial charge in [0, 0.05) is 0 Å². The van der Waals surface area contributed by atoms with Gasteiger partial charge in [0.15, 0.2) is 18.2 Å². The van der Waals surface area contributed by atoms with E-state index in [1.54, 1.807) is 0 Å². The van der Waals surface area contributed by atoms with Gasteiger partial charge in [-0.2, -0.15) is 23.3 Å². The lowest BCUT2D eigenvalue weighted by Gasteiger charge is -2.31. The Bertz CT molecular complexity index is 1080. The van der Waals surface area contributed by atoms with Crippen molar-refractivity contribution >= 4 is 46.2 Å². The number of phosphoric acid groups is 3. The highest BCUT2D eigenvalue weighted by atomic mass is 35.5. The summed E-state index contributed by atoms with van der Waals surface area (Å²) in [7, 11) is -17.1. The molecule has 0 saturated carbocycles. The largest absolute Gasteiger partial charge is 0.502 e. The predicted octanol–water partition coefficient (Wildman–Crippen LogP) is -1.75. The summed E-state index contributed by atoms with van der Waals surface area (Å²) in [6.45, 7) is -0.608. The first-order valence-corrected chi connectivity index (χ1v) is 13.3. The number of aliphatic imine (C=N–C) groups is 1. The summed E-state index contributed by atoms with van der Waals surface area (Å²) in [5.41, 5.74) is 5.69. The summed E-state index contributed by atoms with van der Waals surface area (Å²) >= 11 is 5.91. The minimum Gasteiger partial charge on any atom is -0.394 e. The molecule has 2 aliphatic rings. The molecule has 19 nitrogen and oxygen atoms in total. The third-order valence-electron chi connectivity index (χ3n) is 4.11. The maximum Gasteiger partial charge on any atom is 0.502 e. The second-order valence-corrected chi connectivity index (χ2v) is 11.1. The molecular weight excluding hydrogens is 543 g/mol. The van der Waals surface area contributed by atoms with Gasteiger partial charge in [0.1, 0.15) is 24.0 Å². The fourth-order valence-corrected chi connectivity index (χ4v) is 6.14. The smallest absolute Gasteiger partial charge is 0.394 e.